The molecule has 4 nitrogen and oxygen atoms in total. The minimum absolute atomic E-state index is 0.130. The zero-order valence-electron chi connectivity index (χ0n) is 13.0. The number of hydrogen-bond donors (Lipinski definition) is 1. The van der Waals surface area contributed by atoms with Crippen molar-refractivity contribution in [1.82, 2.24) is 9.88 Å². The van der Waals surface area contributed by atoms with Crippen LogP contribution in [0.5, 0.6) is 0 Å². The van der Waals surface area contributed by atoms with E-state index in [1.54, 1.807) is 23.1 Å². The smallest absolute Gasteiger partial charge is 0.270 e. The lowest BCUT2D eigenvalue weighted by molar-refractivity contribution is -0.0229. The van der Waals surface area contributed by atoms with Crippen LogP contribution in [0.1, 0.15) is 22.2 Å². The summed E-state index contributed by atoms with van der Waals surface area (Å²) in [6.07, 6.45) is -0.134. The Hall–Kier alpha value is -2.66. The van der Waals surface area contributed by atoms with Crippen molar-refractivity contribution in [1.29, 1.82) is 0 Å². The van der Waals surface area contributed by atoms with Crippen LogP contribution < -0.4 is 0 Å². The maximum Gasteiger partial charge on any atom is 0.270 e. The van der Waals surface area contributed by atoms with Crippen LogP contribution in [0.15, 0.2) is 54.6 Å². The average molecular weight is 324 g/mol. The van der Waals surface area contributed by atoms with E-state index in [2.05, 4.69) is 4.98 Å². The third kappa shape index (κ3) is 2.67. The summed E-state index contributed by atoms with van der Waals surface area (Å²) in [5.74, 6) is -0.457. The van der Waals surface area contributed by atoms with Gasteiger partial charge < -0.3 is 14.6 Å². The van der Waals surface area contributed by atoms with E-state index in [1.807, 2.05) is 30.3 Å². The Morgan fingerprint density at radius 1 is 1.17 bits per heavy atom. The van der Waals surface area contributed by atoms with Gasteiger partial charge in [0.25, 0.3) is 5.91 Å². The highest BCUT2D eigenvalue weighted by atomic mass is 19.1. The first kappa shape index (κ1) is 14.9. The highest BCUT2D eigenvalue weighted by Crippen LogP contribution is 2.24. The highest BCUT2D eigenvalue weighted by molar-refractivity contribution is 5.98. The third-order valence-corrected chi connectivity index (χ3v) is 4.37. The van der Waals surface area contributed by atoms with Crippen LogP contribution in [0.2, 0.25) is 0 Å². The van der Waals surface area contributed by atoms with Gasteiger partial charge in [-0.2, -0.15) is 0 Å². The summed E-state index contributed by atoms with van der Waals surface area (Å²) in [5.41, 5.74) is 2.09. The molecule has 1 aliphatic rings. The molecular formula is C19H17FN2O2. The maximum absolute atomic E-state index is 13.8. The van der Waals surface area contributed by atoms with Gasteiger partial charge in [-0.25, -0.2) is 4.39 Å². The fraction of sp³-hybridized carbons (Fsp3) is 0.211. The van der Waals surface area contributed by atoms with E-state index in [0.29, 0.717) is 36.3 Å². The number of ether oxygens (including phenoxy) is 1. The second-order valence-corrected chi connectivity index (χ2v) is 5.91. The number of carbonyl (C=O) groups excluding carboxylic acids is 1. The zero-order chi connectivity index (χ0) is 16.5. The monoisotopic (exact) mass is 324 g/mol. The largest absolute Gasteiger partial charge is 0.370 e. The van der Waals surface area contributed by atoms with Crippen LogP contribution in [0.4, 0.5) is 4.39 Å². The van der Waals surface area contributed by atoms with Gasteiger partial charge in [0, 0.05) is 17.4 Å². The molecule has 1 fully saturated rings. The molecule has 0 bridgehead atoms. The van der Waals surface area contributed by atoms with Crippen LogP contribution in [0.3, 0.4) is 0 Å². The molecule has 1 aromatic heterocycles. The predicted octanol–water partition coefficient (Wildman–Crippen LogP) is 3.52. The molecule has 4 rings (SSSR count). The molecule has 1 amide bonds. The molecule has 24 heavy (non-hydrogen) atoms. The summed E-state index contributed by atoms with van der Waals surface area (Å²) < 4.78 is 19.6. The van der Waals surface area contributed by atoms with Crippen molar-refractivity contribution >= 4 is 16.8 Å². The summed E-state index contributed by atoms with van der Waals surface area (Å²) in [4.78, 5) is 17.5. The van der Waals surface area contributed by atoms with Crippen LogP contribution in [0, 0.1) is 5.82 Å². The quantitative estimate of drug-likeness (QED) is 0.784. The SMILES string of the molecule is O=C(c1cc2c(F)cccc2[nH]1)N1CCOC(c2ccccc2)C1. The molecule has 0 radical (unpaired) electrons. The maximum atomic E-state index is 13.8. The van der Waals surface area contributed by atoms with Gasteiger partial charge in [0.1, 0.15) is 17.6 Å². The van der Waals surface area contributed by atoms with E-state index in [4.69, 9.17) is 4.74 Å². The van der Waals surface area contributed by atoms with E-state index < -0.39 is 0 Å². The summed E-state index contributed by atoms with van der Waals surface area (Å²) >= 11 is 0. The summed E-state index contributed by atoms with van der Waals surface area (Å²) in [5, 5.41) is 0.439. The van der Waals surface area contributed by atoms with Crippen molar-refractivity contribution in [2.45, 2.75) is 6.10 Å². The molecule has 1 saturated heterocycles. The van der Waals surface area contributed by atoms with Crippen molar-refractivity contribution in [3.63, 3.8) is 0 Å². The first-order valence-electron chi connectivity index (χ1n) is 7.95. The lowest BCUT2D eigenvalue weighted by Crippen LogP contribution is -2.42. The van der Waals surface area contributed by atoms with Gasteiger partial charge in [-0.05, 0) is 23.8 Å². The second kappa shape index (κ2) is 6.09. The fourth-order valence-electron chi connectivity index (χ4n) is 3.11. The number of morpholine rings is 1. The Morgan fingerprint density at radius 2 is 2.00 bits per heavy atom. The molecule has 2 aromatic carbocycles. The first-order valence-corrected chi connectivity index (χ1v) is 7.95. The summed E-state index contributed by atoms with van der Waals surface area (Å²) in [6.45, 7) is 1.50. The van der Waals surface area contributed by atoms with Crippen molar-refractivity contribution < 1.29 is 13.9 Å². The molecule has 0 spiro atoms. The van der Waals surface area contributed by atoms with Crippen LogP contribution in [0.25, 0.3) is 10.9 Å². The lowest BCUT2D eigenvalue weighted by atomic mass is 10.1. The lowest BCUT2D eigenvalue weighted by Gasteiger charge is -2.33. The molecule has 1 unspecified atom stereocenters. The molecule has 5 heteroatoms. The van der Waals surface area contributed by atoms with Gasteiger partial charge in [0.15, 0.2) is 0 Å². The number of aromatic amines is 1. The Labute approximate surface area is 138 Å². The minimum Gasteiger partial charge on any atom is -0.370 e. The number of carbonyl (C=O) groups is 1. The molecule has 1 aliphatic heterocycles. The van der Waals surface area contributed by atoms with E-state index in [9.17, 15) is 9.18 Å². The Morgan fingerprint density at radius 3 is 2.79 bits per heavy atom. The van der Waals surface area contributed by atoms with Gasteiger partial charge in [-0.3, -0.25) is 4.79 Å². The zero-order valence-corrected chi connectivity index (χ0v) is 13.0. The molecule has 3 aromatic rings. The highest BCUT2D eigenvalue weighted by Gasteiger charge is 2.27. The van der Waals surface area contributed by atoms with Crippen molar-refractivity contribution in [2.24, 2.45) is 0 Å². The predicted molar refractivity (Wildman–Crippen MR) is 89.3 cm³/mol. The standard InChI is InChI=1S/C19H17FN2O2/c20-15-7-4-8-16-14(15)11-17(21-16)19(23)22-9-10-24-18(12-22)13-5-2-1-3-6-13/h1-8,11,18,21H,9-10,12H2. The number of halogens is 1. The molecule has 2 heterocycles. The van der Waals surface area contributed by atoms with Gasteiger partial charge in [-0.1, -0.05) is 36.4 Å². The number of fused-ring (bicyclic) bond motifs is 1. The number of hydrogen-bond acceptors (Lipinski definition) is 2. The van der Waals surface area contributed by atoms with Gasteiger partial charge in [0.2, 0.25) is 0 Å². The van der Waals surface area contributed by atoms with Gasteiger partial charge in [-0.15, -0.1) is 0 Å². The molecule has 0 saturated carbocycles. The molecule has 0 aliphatic carbocycles. The molecule has 1 atom stereocenters. The van der Waals surface area contributed by atoms with E-state index in [0.717, 1.165) is 5.56 Å². The number of nitrogens with one attached hydrogen (secondary N) is 1. The normalized spacial score (nSPS) is 18.0. The average Bonchev–Trinajstić information content (AvgIpc) is 3.08. The second-order valence-electron chi connectivity index (χ2n) is 5.91. The number of nitrogens with zero attached hydrogens (tertiary/aromatic N) is 1. The summed E-state index contributed by atoms with van der Waals surface area (Å²) in [6, 6.07) is 16.2. The minimum atomic E-state index is -0.327. The summed E-state index contributed by atoms with van der Waals surface area (Å²) in [7, 11) is 0. The van der Waals surface area contributed by atoms with Gasteiger partial charge in [0.05, 0.1) is 13.2 Å². The number of rotatable bonds is 2. The van der Waals surface area contributed by atoms with E-state index in [-0.39, 0.29) is 17.8 Å². The van der Waals surface area contributed by atoms with Crippen molar-refractivity contribution in [2.75, 3.05) is 19.7 Å². The topological polar surface area (TPSA) is 45.3 Å². The van der Waals surface area contributed by atoms with Crippen molar-refractivity contribution in [3.8, 4) is 0 Å². The van der Waals surface area contributed by atoms with Crippen LogP contribution in [-0.2, 0) is 4.74 Å². The Balaban J connectivity index is 1.58. The molecule has 122 valence electrons. The fourth-order valence-corrected chi connectivity index (χ4v) is 3.11. The number of benzene rings is 2. The van der Waals surface area contributed by atoms with Crippen LogP contribution in [-0.4, -0.2) is 35.5 Å². The molecule has 1 N–H and O–H groups in total. The van der Waals surface area contributed by atoms with Gasteiger partial charge >= 0.3 is 0 Å². The molecular weight excluding hydrogens is 307 g/mol. The van der Waals surface area contributed by atoms with Crippen molar-refractivity contribution in [3.05, 3.63) is 71.7 Å². The number of H-pyrrole nitrogens is 1. The van der Waals surface area contributed by atoms with E-state index >= 15 is 0 Å². The van der Waals surface area contributed by atoms with Crippen LogP contribution >= 0.6 is 0 Å². The Kier molecular flexibility index (Phi) is 3.78. The Bertz CT molecular complexity index is 875. The number of amides is 1. The number of aromatic nitrogens is 1. The third-order valence-electron chi connectivity index (χ3n) is 4.37. The first-order chi connectivity index (χ1) is 11.7. The van der Waals surface area contributed by atoms with E-state index in [1.165, 1.54) is 6.07 Å².